The van der Waals surface area contributed by atoms with Crippen LogP contribution in [-0.2, 0) is 11.2 Å². The van der Waals surface area contributed by atoms with Gasteiger partial charge in [0.05, 0.1) is 32.0 Å². The number of halogens is 1. The topological polar surface area (TPSA) is 73.3 Å². The number of thiazole rings is 2. The molecule has 2 aromatic heterocycles. The van der Waals surface area contributed by atoms with Crippen molar-refractivity contribution >= 4 is 33.7 Å². The lowest BCUT2D eigenvalue weighted by atomic mass is 10.1. The molecule has 0 aliphatic carbocycles. The predicted octanol–water partition coefficient (Wildman–Crippen LogP) is 5.27. The molecule has 4 rings (SSSR count). The minimum absolute atomic E-state index is 0.128. The van der Waals surface area contributed by atoms with E-state index in [0.717, 1.165) is 21.8 Å². The van der Waals surface area contributed by atoms with E-state index in [1.165, 1.54) is 34.8 Å². The Morgan fingerprint density at radius 3 is 2.45 bits per heavy atom. The Kier molecular flexibility index (Phi) is 6.24. The first-order valence-electron chi connectivity index (χ1n) is 9.24. The lowest BCUT2D eigenvalue weighted by molar-refractivity contribution is -0.115. The fourth-order valence-electron chi connectivity index (χ4n) is 2.90. The molecule has 1 N–H and O–H groups in total. The van der Waals surface area contributed by atoms with Gasteiger partial charge in [-0.05, 0) is 42.5 Å². The fourth-order valence-corrected chi connectivity index (χ4v) is 4.46. The quantitative estimate of drug-likeness (QED) is 0.411. The average molecular weight is 456 g/mol. The van der Waals surface area contributed by atoms with Crippen molar-refractivity contribution in [3.05, 3.63) is 64.7 Å². The highest BCUT2D eigenvalue weighted by Gasteiger charge is 2.13. The summed E-state index contributed by atoms with van der Waals surface area (Å²) in [6.07, 6.45) is 0.128. The van der Waals surface area contributed by atoms with Gasteiger partial charge in [0.2, 0.25) is 5.91 Å². The number of hydrogen-bond acceptors (Lipinski definition) is 7. The average Bonchev–Trinajstić information content (AvgIpc) is 3.43. The van der Waals surface area contributed by atoms with E-state index >= 15 is 0 Å². The Hall–Kier alpha value is -3.30. The van der Waals surface area contributed by atoms with Gasteiger partial charge in [0.15, 0.2) is 16.6 Å². The van der Waals surface area contributed by atoms with Crippen molar-refractivity contribution in [1.82, 2.24) is 9.97 Å². The number of rotatable bonds is 7. The van der Waals surface area contributed by atoms with Crippen LogP contribution in [0.25, 0.3) is 21.8 Å². The molecular formula is C22H18FN3O3S2. The maximum Gasteiger partial charge on any atom is 0.232 e. The lowest BCUT2D eigenvalue weighted by Crippen LogP contribution is -2.14. The van der Waals surface area contributed by atoms with Gasteiger partial charge in [0.25, 0.3) is 0 Å². The van der Waals surface area contributed by atoms with Crippen LogP contribution in [0.3, 0.4) is 0 Å². The van der Waals surface area contributed by atoms with E-state index < -0.39 is 0 Å². The van der Waals surface area contributed by atoms with E-state index in [2.05, 4.69) is 15.3 Å². The van der Waals surface area contributed by atoms with Gasteiger partial charge in [-0.1, -0.05) is 0 Å². The standard InChI is InChI=1S/C22H18FN3O3S2/c1-28-18-8-5-14(9-19(18)29-2)17-12-31-22(25-17)26-20(27)10-16-11-30-21(24-16)13-3-6-15(23)7-4-13/h3-9,11-12H,10H2,1-2H3,(H,25,26,27). The SMILES string of the molecule is COc1ccc(-c2csc(NC(=O)Cc3csc(-c4ccc(F)cc4)n3)n2)cc1OC. The number of amides is 1. The Labute approximate surface area is 186 Å². The van der Waals surface area contributed by atoms with Gasteiger partial charge >= 0.3 is 0 Å². The van der Waals surface area contributed by atoms with E-state index in [0.29, 0.717) is 22.3 Å². The van der Waals surface area contributed by atoms with Crippen LogP contribution in [0, 0.1) is 5.82 Å². The fraction of sp³-hybridized carbons (Fsp3) is 0.136. The van der Waals surface area contributed by atoms with E-state index in [9.17, 15) is 9.18 Å². The normalized spacial score (nSPS) is 10.7. The van der Waals surface area contributed by atoms with Crippen LogP contribution >= 0.6 is 22.7 Å². The summed E-state index contributed by atoms with van der Waals surface area (Å²) in [6.45, 7) is 0. The zero-order valence-electron chi connectivity index (χ0n) is 16.7. The van der Waals surface area contributed by atoms with Crippen molar-refractivity contribution in [2.45, 2.75) is 6.42 Å². The van der Waals surface area contributed by atoms with E-state index in [1.807, 2.05) is 29.0 Å². The molecule has 2 aromatic carbocycles. The molecule has 0 bridgehead atoms. The third-order valence-corrected chi connectivity index (χ3v) is 6.11. The second kappa shape index (κ2) is 9.23. The molecule has 158 valence electrons. The zero-order chi connectivity index (χ0) is 21.8. The molecule has 0 saturated carbocycles. The Bertz CT molecular complexity index is 1200. The van der Waals surface area contributed by atoms with Crippen molar-refractivity contribution in [3.63, 3.8) is 0 Å². The summed E-state index contributed by atoms with van der Waals surface area (Å²) in [5.41, 5.74) is 3.06. The molecule has 1 amide bonds. The molecule has 0 fully saturated rings. The van der Waals surface area contributed by atoms with E-state index in [4.69, 9.17) is 9.47 Å². The molecule has 0 aliphatic rings. The van der Waals surface area contributed by atoms with Crippen molar-refractivity contribution in [3.8, 4) is 33.3 Å². The first-order valence-corrected chi connectivity index (χ1v) is 11.0. The monoisotopic (exact) mass is 455 g/mol. The van der Waals surface area contributed by atoms with E-state index in [1.54, 1.807) is 26.4 Å². The lowest BCUT2D eigenvalue weighted by Gasteiger charge is -2.08. The second-order valence-electron chi connectivity index (χ2n) is 6.48. The number of benzene rings is 2. The molecule has 0 aliphatic heterocycles. The summed E-state index contributed by atoms with van der Waals surface area (Å²) < 4.78 is 23.7. The van der Waals surface area contributed by atoms with E-state index in [-0.39, 0.29) is 18.1 Å². The molecule has 6 nitrogen and oxygen atoms in total. The maximum atomic E-state index is 13.1. The van der Waals surface area contributed by atoms with Gasteiger partial charge in [-0.3, -0.25) is 4.79 Å². The largest absolute Gasteiger partial charge is 0.493 e. The Balaban J connectivity index is 1.41. The number of ether oxygens (including phenoxy) is 2. The third kappa shape index (κ3) is 4.89. The second-order valence-corrected chi connectivity index (χ2v) is 8.20. The summed E-state index contributed by atoms with van der Waals surface area (Å²) in [4.78, 5) is 21.4. The summed E-state index contributed by atoms with van der Waals surface area (Å²) >= 11 is 2.76. The number of hydrogen-bond donors (Lipinski definition) is 1. The molecule has 0 radical (unpaired) electrons. The molecule has 0 atom stereocenters. The van der Waals surface area contributed by atoms with Crippen LogP contribution in [-0.4, -0.2) is 30.1 Å². The molecular weight excluding hydrogens is 437 g/mol. The smallest absolute Gasteiger partial charge is 0.232 e. The highest BCUT2D eigenvalue weighted by Crippen LogP contribution is 2.33. The Morgan fingerprint density at radius 2 is 1.71 bits per heavy atom. The van der Waals surface area contributed by atoms with Crippen LogP contribution in [0.15, 0.2) is 53.2 Å². The van der Waals surface area contributed by atoms with Crippen molar-refractivity contribution in [2.75, 3.05) is 19.5 Å². The van der Waals surface area contributed by atoms with Gasteiger partial charge in [-0.15, -0.1) is 22.7 Å². The molecule has 0 unspecified atom stereocenters. The number of carbonyl (C=O) groups is 1. The molecule has 4 aromatic rings. The summed E-state index contributed by atoms with van der Waals surface area (Å²) in [7, 11) is 3.16. The number of carbonyl (C=O) groups excluding carboxylic acids is 1. The highest BCUT2D eigenvalue weighted by molar-refractivity contribution is 7.14. The van der Waals surface area contributed by atoms with Gasteiger partial charge in [-0.2, -0.15) is 0 Å². The number of anilines is 1. The summed E-state index contributed by atoms with van der Waals surface area (Å²) in [5.74, 6) is 0.748. The zero-order valence-corrected chi connectivity index (χ0v) is 18.3. The van der Waals surface area contributed by atoms with Gasteiger partial charge < -0.3 is 14.8 Å². The van der Waals surface area contributed by atoms with Crippen LogP contribution < -0.4 is 14.8 Å². The molecule has 9 heteroatoms. The van der Waals surface area contributed by atoms with Crippen LogP contribution in [0.1, 0.15) is 5.69 Å². The number of methoxy groups -OCH3 is 2. The maximum absolute atomic E-state index is 13.1. The highest BCUT2D eigenvalue weighted by atomic mass is 32.1. The summed E-state index contributed by atoms with van der Waals surface area (Å²) in [5, 5.41) is 7.76. The minimum Gasteiger partial charge on any atom is -0.493 e. The van der Waals surface area contributed by atoms with Crippen LogP contribution in [0.5, 0.6) is 11.5 Å². The van der Waals surface area contributed by atoms with Crippen LogP contribution in [0.4, 0.5) is 9.52 Å². The molecule has 0 saturated heterocycles. The van der Waals surface area contributed by atoms with Crippen molar-refractivity contribution < 1.29 is 18.7 Å². The molecule has 31 heavy (non-hydrogen) atoms. The van der Waals surface area contributed by atoms with Gasteiger partial charge in [0, 0.05) is 21.9 Å². The first kappa shape index (κ1) is 21.0. The number of aromatic nitrogens is 2. The number of nitrogens with zero attached hydrogens (tertiary/aromatic N) is 2. The van der Waals surface area contributed by atoms with Crippen LogP contribution in [0.2, 0.25) is 0 Å². The van der Waals surface area contributed by atoms with Crippen molar-refractivity contribution in [1.29, 1.82) is 0 Å². The number of nitrogens with one attached hydrogen (secondary N) is 1. The third-order valence-electron chi connectivity index (χ3n) is 4.41. The first-order chi connectivity index (χ1) is 15.1. The van der Waals surface area contributed by atoms with Crippen molar-refractivity contribution in [2.24, 2.45) is 0 Å². The predicted molar refractivity (Wildman–Crippen MR) is 120 cm³/mol. The van der Waals surface area contributed by atoms with Gasteiger partial charge in [0.1, 0.15) is 10.8 Å². The molecule has 0 spiro atoms. The van der Waals surface area contributed by atoms with Gasteiger partial charge in [-0.25, -0.2) is 14.4 Å². The Morgan fingerprint density at radius 1 is 0.968 bits per heavy atom. The molecule has 2 heterocycles. The minimum atomic E-state index is -0.296. The summed E-state index contributed by atoms with van der Waals surface area (Å²) in [6, 6.07) is 11.7.